The van der Waals surface area contributed by atoms with Crippen molar-refractivity contribution < 1.29 is 9.13 Å². The molecule has 0 bridgehead atoms. The van der Waals surface area contributed by atoms with Gasteiger partial charge in [0, 0.05) is 4.88 Å². The van der Waals surface area contributed by atoms with Crippen molar-refractivity contribution in [1.29, 1.82) is 0 Å². The van der Waals surface area contributed by atoms with Gasteiger partial charge in [0.15, 0.2) is 11.6 Å². The molecule has 0 spiro atoms. The maximum absolute atomic E-state index is 13.7. The van der Waals surface area contributed by atoms with Crippen LogP contribution in [0.2, 0.25) is 0 Å². The van der Waals surface area contributed by atoms with Gasteiger partial charge in [0.1, 0.15) is 4.70 Å². The van der Waals surface area contributed by atoms with E-state index in [1.807, 2.05) is 0 Å². The number of thiophene rings is 1. The summed E-state index contributed by atoms with van der Waals surface area (Å²) in [6, 6.07) is 6.47. The quantitative estimate of drug-likeness (QED) is 0.783. The molecule has 0 atom stereocenters. The summed E-state index contributed by atoms with van der Waals surface area (Å²) < 4.78 is 19.1. The predicted molar refractivity (Wildman–Crippen MR) is 72.2 cm³/mol. The minimum Gasteiger partial charge on any atom is -0.494 e. The summed E-state index contributed by atoms with van der Waals surface area (Å²) in [6.45, 7) is 0. The van der Waals surface area contributed by atoms with Crippen molar-refractivity contribution in [3.8, 4) is 16.2 Å². The smallest absolute Gasteiger partial charge is 0.268 e. The van der Waals surface area contributed by atoms with Crippen molar-refractivity contribution >= 4 is 21.6 Å². The highest BCUT2D eigenvalue weighted by Gasteiger charge is 2.10. The van der Waals surface area contributed by atoms with E-state index in [4.69, 9.17) is 4.74 Å². The number of nitrogens with zero attached hydrogens (tertiary/aromatic N) is 1. The number of rotatable bonds is 2. The second kappa shape index (κ2) is 4.47. The monoisotopic (exact) mass is 276 g/mol. The Morgan fingerprint density at radius 1 is 1.37 bits per heavy atom. The summed E-state index contributed by atoms with van der Waals surface area (Å²) in [4.78, 5) is 19.0. The van der Waals surface area contributed by atoms with E-state index >= 15 is 0 Å². The van der Waals surface area contributed by atoms with Gasteiger partial charge in [-0.15, -0.1) is 11.3 Å². The number of methoxy groups -OCH3 is 1. The van der Waals surface area contributed by atoms with E-state index in [-0.39, 0.29) is 11.3 Å². The van der Waals surface area contributed by atoms with Crippen LogP contribution in [0, 0.1) is 5.82 Å². The Balaban J connectivity index is 2.16. The Kier molecular flexibility index (Phi) is 2.79. The topological polar surface area (TPSA) is 55.0 Å². The molecule has 3 aromatic rings. The minimum atomic E-state index is -0.431. The van der Waals surface area contributed by atoms with Crippen LogP contribution in [0.15, 0.2) is 35.4 Å². The van der Waals surface area contributed by atoms with Crippen LogP contribution in [0.25, 0.3) is 20.7 Å². The van der Waals surface area contributed by atoms with Crippen molar-refractivity contribution in [1.82, 2.24) is 9.97 Å². The van der Waals surface area contributed by atoms with Gasteiger partial charge < -0.3 is 9.72 Å². The van der Waals surface area contributed by atoms with Gasteiger partial charge >= 0.3 is 0 Å². The van der Waals surface area contributed by atoms with Crippen LogP contribution in [0.5, 0.6) is 5.75 Å². The Labute approximate surface area is 111 Å². The first-order chi connectivity index (χ1) is 9.19. The molecule has 0 radical (unpaired) electrons. The molecule has 4 nitrogen and oxygen atoms in total. The summed E-state index contributed by atoms with van der Waals surface area (Å²) in [5.74, 6) is -0.236. The second-order valence-corrected chi connectivity index (χ2v) is 4.96. The zero-order valence-electron chi connectivity index (χ0n) is 9.94. The molecule has 19 heavy (non-hydrogen) atoms. The number of benzene rings is 1. The summed E-state index contributed by atoms with van der Waals surface area (Å²) in [6.07, 6.45) is 1.36. The normalized spacial score (nSPS) is 10.8. The van der Waals surface area contributed by atoms with Crippen LogP contribution in [0.4, 0.5) is 4.39 Å². The lowest BCUT2D eigenvalue weighted by molar-refractivity contribution is 0.386. The third-order valence-corrected chi connectivity index (χ3v) is 3.93. The second-order valence-electron chi connectivity index (χ2n) is 3.91. The van der Waals surface area contributed by atoms with Crippen LogP contribution in [0.1, 0.15) is 0 Å². The highest BCUT2D eigenvalue weighted by atomic mass is 32.1. The first-order valence-electron chi connectivity index (χ1n) is 5.50. The van der Waals surface area contributed by atoms with E-state index in [1.54, 1.807) is 18.2 Å². The van der Waals surface area contributed by atoms with Gasteiger partial charge in [-0.1, -0.05) is 0 Å². The molecule has 0 aliphatic carbocycles. The van der Waals surface area contributed by atoms with Gasteiger partial charge in [-0.3, -0.25) is 4.79 Å². The van der Waals surface area contributed by atoms with Crippen molar-refractivity contribution in [3.63, 3.8) is 0 Å². The molecule has 3 rings (SSSR count). The Hall–Kier alpha value is -2.21. The number of aromatic nitrogens is 2. The van der Waals surface area contributed by atoms with E-state index in [9.17, 15) is 9.18 Å². The highest BCUT2D eigenvalue weighted by molar-refractivity contribution is 7.22. The predicted octanol–water partition coefficient (Wildman–Crippen LogP) is 2.80. The SMILES string of the molecule is COc1ccc(-c2cc3nc[nH]c(=O)c3s2)cc1F. The van der Waals surface area contributed by atoms with Gasteiger partial charge in [-0.05, 0) is 29.8 Å². The number of H-pyrrole nitrogens is 1. The lowest BCUT2D eigenvalue weighted by Gasteiger charge is -2.03. The van der Waals surface area contributed by atoms with E-state index in [1.165, 1.54) is 30.8 Å². The number of halogens is 1. The van der Waals surface area contributed by atoms with E-state index < -0.39 is 5.82 Å². The van der Waals surface area contributed by atoms with Crippen molar-refractivity contribution in [2.24, 2.45) is 0 Å². The molecule has 96 valence electrons. The molecular weight excluding hydrogens is 267 g/mol. The van der Waals surface area contributed by atoms with Gasteiger partial charge in [-0.2, -0.15) is 0 Å². The molecule has 0 aliphatic heterocycles. The molecule has 0 amide bonds. The summed E-state index contributed by atoms with van der Waals surface area (Å²) in [7, 11) is 1.42. The average molecular weight is 276 g/mol. The number of ether oxygens (including phenoxy) is 1. The number of hydrogen-bond acceptors (Lipinski definition) is 4. The van der Waals surface area contributed by atoms with E-state index in [0.29, 0.717) is 15.8 Å². The van der Waals surface area contributed by atoms with Crippen molar-refractivity contribution in [2.75, 3.05) is 7.11 Å². The molecule has 2 heterocycles. The molecule has 0 saturated heterocycles. The molecular formula is C13H9FN2O2S. The summed E-state index contributed by atoms with van der Waals surface area (Å²) in [5, 5.41) is 0. The largest absolute Gasteiger partial charge is 0.494 e. The Morgan fingerprint density at radius 3 is 2.89 bits per heavy atom. The van der Waals surface area contributed by atoms with Gasteiger partial charge in [0.2, 0.25) is 0 Å². The van der Waals surface area contributed by atoms with Gasteiger partial charge in [-0.25, -0.2) is 9.37 Å². The van der Waals surface area contributed by atoms with Crippen LogP contribution >= 0.6 is 11.3 Å². The number of nitrogens with one attached hydrogen (secondary N) is 1. The van der Waals surface area contributed by atoms with Crippen LogP contribution in [0.3, 0.4) is 0 Å². The van der Waals surface area contributed by atoms with E-state index in [0.717, 1.165) is 4.88 Å². The number of fused-ring (bicyclic) bond motifs is 1. The molecule has 0 aliphatic rings. The van der Waals surface area contributed by atoms with Gasteiger partial charge in [0.05, 0.1) is 19.0 Å². The van der Waals surface area contributed by atoms with Crippen LogP contribution in [-0.4, -0.2) is 17.1 Å². The summed E-state index contributed by atoms with van der Waals surface area (Å²) >= 11 is 1.29. The molecule has 1 aromatic carbocycles. The standard InChI is InChI=1S/C13H9FN2O2S/c1-18-10-3-2-7(4-8(10)14)11-5-9-12(19-11)13(17)16-6-15-9/h2-6H,1H3,(H,15,16,17). The summed E-state index contributed by atoms with van der Waals surface area (Å²) in [5.41, 5.74) is 1.12. The zero-order valence-corrected chi connectivity index (χ0v) is 10.8. The maximum Gasteiger partial charge on any atom is 0.268 e. The fraction of sp³-hybridized carbons (Fsp3) is 0.0769. The van der Waals surface area contributed by atoms with E-state index in [2.05, 4.69) is 9.97 Å². The lowest BCUT2D eigenvalue weighted by atomic mass is 10.2. The Bertz CT molecular complexity index is 810. The van der Waals surface area contributed by atoms with Crippen molar-refractivity contribution in [2.45, 2.75) is 0 Å². The minimum absolute atomic E-state index is 0.185. The third-order valence-electron chi connectivity index (χ3n) is 2.75. The first kappa shape index (κ1) is 11.9. The van der Waals surface area contributed by atoms with Crippen LogP contribution < -0.4 is 10.3 Å². The average Bonchev–Trinajstić information content (AvgIpc) is 2.84. The molecule has 1 N–H and O–H groups in total. The molecule has 0 unspecified atom stereocenters. The lowest BCUT2D eigenvalue weighted by Crippen LogP contribution is -2.02. The molecule has 0 fully saturated rings. The number of hydrogen-bond donors (Lipinski definition) is 1. The first-order valence-corrected chi connectivity index (χ1v) is 6.32. The fourth-order valence-electron chi connectivity index (χ4n) is 1.83. The fourth-order valence-corrected chi connectivity index (χ4v) is 2.83. The molecule has 6 heteroatoms. The van der Waals surface area contributed by atoms with Crippen LogP contribution in [-0.2, 0) is 0 Å². The van der Waals surface area contributed by atoms with Crippen molar-refractivity contribution in [3.05, 3.63) is 46.8 Å². The Morgan fingerprint density at radius 2 is 2.21 bits per heavy atom. The van der Waals surface area contributed by atoms with Gasteiger partial charge in [0.25, 0.3) is 5.56 Å². The zero-order chi connectivity index (χ0) is 13.4. The number of aromatic amines is 1. The molecule has 0 saturated carbocycles. The third kappa shape index (κ3) is 2.00. The highest BCUT2D eigenvalue weighted by Crippen LogP contribution is 2.32. The molecule has 2 aromatic heterocycles. The maximum atomic E-state index is 13.7.